The number of benzene rings is 1. The average molecular weight is 450 g/mol. The molecular formula is C21H27N3O6S. The molecule has 3 saturated heterocycles. The number of phenols is 1. The largest absolute Gasteiger partial charge is 0.508 e. The van der Waals surface area contributed by atoms with Crippen molar-refractivity contribution in [3.63, 3.8) is 0 Å². The Morgan fingerprint density at radius 2 is 1.81 bits per heavy atom. The first-order valence-corrected chi connectivity index (χ1v) is 10.9. The second kappa shape index (κ2) is 7.39. The monoisotopic (exact) mass is 449 g/mol. The van der Waals surface area contributed by atoms with Gasteiger partial charge in [-0.15, -0.1) is 11.8 Å². The number of aromatic hydroxyl groups is 1. The topological polar surface area (TPSA) is 108 Å². The number of thioether (sulfide) groups is 1. The molecule has 1 aromatic rings. The number of esters is 1. The van der Waals surface area contributed by atoms with E-state index in [1.54, 1.807) is 17.0 Å². The Balaban J connectivity index is 1.59. The van der Waals surface area contributed by atoms with Crippen LogP contribution >= 0.6 is 11.8 Å². The number of carbonyl (C=O) groups excluding carboxylic acids is 3. The number of ether oxygens (including phenoxy) is 2. The molecule has 10 heteroatoms. The molecule has 1 aromatic carbocycles. The van der Waals surface area contributed by atoms with Crippen LogP contribution in [0, 0.1) is 0 Å². The minimum atomic E-state index is -0.772. The zero-order chi connectivity index (χ0) is 22.7. The maximum absolute atomic E-state index is 13.4. The van der Waals surface area contributed by atoms with E-state index in [0.717, 1.165) is 0 Å². The van der Waals surface area contributed by atoms with Gasteiger partial charge in [-0.25, -0.2) is 4.79 Å². The molecule has 0 spiro atoms. The SMILES string of the molecule is COCOC(=O)[C@@H]1N2C(=O)[C@H](N3C(=O)[C@@H](c4ccc(O)cc4)NC3(C)C)[C@H]2SC1(C)C. The summed E-state index contributed by atoms with van der Waals surface area (Å²) in [6.45, 7) is 7.33. The maximum atomic E-state index is 13.4. The van der Waals surface area contributed by atoms with Crippen molar-refractivity contribution in [1.82, 2.24) is 15.1 Å². The van der Waals surface area contributed by atoms with Gasteiger partial charge in [-0.3, -0.25) is 14.9 Å². The molecule has 0 unspecified atom stereocenters. The van der Waals surface area contributed by atoms with Crippen LogP contribution in [0.4, 0.5) is 0 Å². The van der Waals surface area contributed by atoms with Gasteiger partial charge in [0.15, 0.2) is 6.79 Å². The van der Waals surface area contributed by atoms with Crippen molar-refractivity contribution in [2.24, 2.45) is 0 Å². The number of fused-ring (bicyclic) bond motifs is 1. The number of methoxy groups -OCH3 is 1. The molecule has 3 aliphatic rings. The molecule has 0 radical (unpaired) electrons. The molecular weight excluding hydrogens is 422 g/mol. The third-order valence-corrected chi connectivity index (χ3v) is 7.60. The van der Waals surface area contributed by atoms with Gasteiger partial charge in [0, 0.05) is 11.9 Å². The zero-order valence-corrected chi connectivity index (χ0v) is 18.9. The van der Waals surface area contributed by atoms with Crippen molar-refractivity contribution in [2.45, 2.75) is 61.6 Å². The van der Waals surface area contributed by atoms with Gasteiger partial charge in [0.25, 0.3) is 0 Å². The van der Waals surface area contributed by atoms with Crippen LogP contribution in [0.2, 0.25) is 0 Å². The van der Waals surface area contributed by atoms with E-state index < -0.39 is 34.5 Å². The van der Waals surface area contributed by atoms with Gasteiger partial charge in [-0.2, -0.15) is 0 Å². The summed E-state index contributed by atoms with van der Waals surface area (Å²) >= 11 is 1.50. The minimum Gasteiger partial charge on any atom is -0.508 e. The Morgan fingerprint density at radius 3 is 2.42 bits per heavy atom. The van der Waals surface area contributed by atoms with Crippen LogP contribution in [0.3, 0.4) is 0 Å². The molecule has 0 saturated carbocycles. The van der Waals surface area contributed by atoms with Gasteiger partial charge in [0.1, 0.15) is 29.2 Å². The summed E-state index contributed by atoms with van der Waals surface area (Å²) in [7, 11) is 1.42. The Bertz CT molecular complexity index is 918. The van der Waals surface area contributed by atoms with E-state index in [2.05, 4.69) is 5.32 Å². The van der Waals surface area contributed by atoms with Crippen LogP contribution in [0.1, 0.15) is 39.3 Å². The number of amides is 2. The van der Waals surface area contributed by atoms with E-state index >= 15 is 0 Å². The molecule has 2 amide bonds. The van der Waals surface area contributed by atoms with Gasteiger partial charge in [0.2, 0.25) is 11.8 Å². The number of phenolic OH excluding ortho intramolecular Hbond substituents is 1. The summed E-state index contributed by atoms with van der Waals surface area (Å²) in [5.41, 5.74) is -0.0618. The number of nitrogens with one attached hydrogen (secondary N) is 1. The van der Waals surface area contributed by atoms with E-state index in [4.69, 9.17) is 9.47 Å². The molecule has 2 N–H and O–H groups in total. The second-order valence-corrected chi connectivity index (χ2v) is 10.8. The molecule has 3 heterocycles. The highest BCUT2D eigenvalue weighted by molar-refractivity contribution is 8.01. The van der Waals surface area contributed by atoms with Gasteiger partial charge in [-0.1, -0.05) is 12.1 Å². The molecule has 0 aliphatic carbocycles. The highest BCUT2D eigenvalue weighted by Gasteiger charge is 2.68. The third-order valence-electron chi connectivity index (χ3n) is 6.04. The predicted octanol–water partition coefficient (Wildman–Crippen LogP) is 1.18. The fourth-order valence-corrected chi connectivity index (χ4v) is 6.35. The fourth-order valence-electron chi connectivity index (χ4n) is 4.68. The highest BCUT2D eigenvalue weighted by Crippen LogP contribution is 2.54. The Labute approximate surface area is 185 Å². The van der Waals surface area contributed by atoms with Crippen LogP contribution in [-0.4, -0.2) is 74.5 Å². The summed E-state index contributed by atoms with van der Waals surface area (Å²) in [4.78, 5) is 42.4. The van der Waals surface area contributed by atoms with Gasteiger partial charge in [0.05, 0.1) is 5.66 Å². The quantitative estimate of drug-likeness (QED) is 0.392. The average Bonchev–Trinajstić information content (AvgIpc) is 3.09. The lowest BCUT2D eigenvalue weighted by Crippen LogP contribution is -2.73. The molecule has 0 bridgehead atoms. The van der Waals surface area contributed by atoms with E-state index in [1.165, 1.54) is 35.9 Å². The number of nitrogens with zero attached hydrogens (tertiary/aromatic N) is 2. The van der Waals surface area contributed by atoms with Crippen LogP contribution in [0.15, 0.2) is 24.3 Å². The van der Waals surface area contributed by atoms with Crippen molar-refractivity contribution < 1.29 is 29.0 Å². The molecule has 31 heavy (non-hydrogen) atoms. The van der Waals surface area contributed by atoms with Crippen molar-refractivity contribution in [3.05, 3.63) is 29.8 Å². The van der Waals surface area contributed by atoms with Crippen molar-refractivity contribution in [1.29, 1.82) is 0 Å². The first-order valence-electron chi connectivity index (χ1n) is 10.0. The molecule has 4 atom stereocenters. The summed E-state index contributed by atoms with van der Waals surface area (Å²) in [5, 5.41) is 12.5. The molecule has 0 aromatic heterocycles. The number of rotatable bonds is 5. The zero-order valence-electron chi connectivity index (χ0n) is 18.1. The predicted molar refractivity (Wildman–Crippen MR) is 113 cm³/mol. The van der Waals surface area contributed by atoms with Crippen LogP contribution < -0.4 is 5.32 Å². The molecule has 3 fully saturated rings. The van der Waals surface area contributed by atoms with Gasteiger partial charge >= 0.3 is 5.97 Å². The normalized spacial score (nSPS) is 30.9. The van der Waals surface area contributed by atoms with E-state index in [0.29, 0.717) is 5.56 Å². The molecule has 3 aliphatic heterocycles. The Morgan fingerprint density at radius 1 is 1.16 bits per heavy atom. The van der Waals surface area contributed by atoms with Crippen LogP contribution in [-0.2, 0) is 23.9 Å². The first-order chi connectivity index (χ1) is 14.5. The number of carbonyl (C=O) groups is 3. The molecule has 9 nitrogen and oxygen atoms in total. The van der Waals surface area contributed by atoms with Gasteiger partial charge in [-0.05, 0) is 45.4 Å². The maximum Gasteiger partial charge on any atom is 0.332 e. The molecule has 168 valence electrons. The van der Waals surface area contributed by atoms with Crippen LogP contribution in [0.5, 0.6) is 5.75 Å². The number of hydrogen-bond acceptors (Lipinski definition) is 8. The van der Waals surface area contributed by atoms with E-state index in [-0.39, 0.29) is 29.7 Å². The third kappa shape index (κ3) is 3.37. The minimum absolute atomic E-state index is 0.117. The fraction of sp³-hybridized carbons (Fsp3) is 0.571. The van der Waals surface area contributed by atoms with Crippen molar-refractivity contribution in [3.8, 4) is 5.75 Å². The smallest absolute Gasteiger partial charge is 0.332 e. The number of hydrogen-bond donors (Lipinski definition) is 2. The van der Waals surface area contributed by atoms with E-state index in [1.807, 2.05) is 27.7 Å². The van der Waals surface area contributed by atoms with Crippen molar-refractivity contribution >= 4 is 29.5 Å². The second-order valence-electron chi connectivity index (χ2n) is 9.01. The summed E-state index contributed by atoms with van der Waals surface area (Å²) in [6.07, 6.45) is 0. The summed E-state index contributed by atoms with van der Waals surface area (Å²) in [6, 6.07) is 4.39. The standard InChI is InChI=1S/C21H27N3O6S/c1-20(2)15(19(28)30-10-29-5)23-17(27)14(18(23)31-20)24-16(26)13(22-21(24,3)4)11-6-8-12(25)9-7-11/h6-9,13-15,18,22,25H,10H2,1-5H3/t13-,14+,15+,18-/m1/s1. The Hall–Kier alpha value is -2.30. The Kier molecular flexibility index (Phi) is 5.22. The van der Waals surface area contributed by atoms with E-state index in [9.17, 15) is 19.5 Å². The lowest BCUT2D eigenvalue weighted by molar-refractivity contribution is -0.176. The lowest BCUT2D eigenvalue weighted by atomic mass is 9.94. The summed E-state index contributed by atoms with van der Waals surface area (Å²) < 4.78 is 9.39. The first kappa shape index (κ1) is 21.9. The van der Waals surface area contributed by atoms with Gasteiger partial charge < -0.3 is 24.4 Å². The highest BCUT2D eigenvalue weighted by atomic mass is 32.2. The number of β-lactam (4-membered cyclic amide) rings is 1. The summed E-state index contributed by atoms with van der Waals surface area (Å²) in [5.74, 6) is -0.874. The lowest BCUT2D eigenvalue weighted by Gasteiger charge is -2.50. The molecule has 4 rings (SSSR count). The van der Waals surface area contributed by atoms with Crippen molar-refractivity contribution in [2.75, 3.05) is 13.9 Å². The van der Waals surface area contributed by atoms with Crippen LogP contribution in [0.25, 0.3) is 0 Å².